The molecule has 1 saturated carbocycles. The summed E-state index contributed by atoms with van der Waals surface area (Å²) < 4.78 is 82.2. The summed E-state index contributed by atoms with van der Waals surface area (Å²) in [5.41, 5.74) is -1.49. The Morgan fingerprint density at radius 3 is 2.33 bits per heavy atom. The van der Waals surface area contributed by atoms with Crippen molar-refractivity contribution >= 4 is 15.8 Å². The van der Waals surface area contributed by atoms with Gasteiger partial charge in [0.1, 0.15) is 18.0 Å². The van der Waals surface area contributed by atoms with E-state index in [-0.39, 0.29) is 40.4 Å². The molecule has 12 heteroatoms. The third kappa shape index (κ3) is 5.23. The fourth-order valence-electron chi connectivity index (χ4n) is 4.42. The fraction of sp³-hybridized carbons (Fsp3) is 0.375. The molecule has 36 heavy (non-hydrogen) atoms. The number of ether oxygens (including phenoxy) is 2. The highest BCUT2D eigenvalue weighted by Gasteiger charge is 2.36. The van der Waals surface area contributed by atoms with Crippen LogP contribution in [0.4, 0.5) is 19.0 Å². The summed E-state index contributed by atoms with van der Waals surface area (Å²) in [6.07, 6.45) is 0.540. The Labute approximate surface area is 206 Å². The van der Waals surface area contributed by atoms with Crippen molar-refractivity contribution in [2.24, 2.45) is 0 Å². The first-order chi connectivity index (χ1) is 17.2. The normalized spacial score (nSPS) is 21.6. The van der Waals surface area contributed by atoms with Crippen LogP contribution in [0.3, 0.4) is 0 Å². The molecule has 0 saturated heterocycles. The van der Waals surface area contributed by atoms with E-state index in [1.54, 1.807) is 6.07 Å². The second kappa shape index (κ2) is 9.57. The minimum absolute atomic E-state index is 0.0199. The van der Waals surface area contributed by atoms with Gasteiger partial charge in [-0.25, -0.2) is 9.97 Å². The maximum atomic E-state index is 13.9. The van der Waals surface area contributed by atoms with Crippen LogP contribution in [0.25, 0.3) is 11.3 Å². The molecule has 0 radical (unpaired) electrons. The number of rotatable bonds is 0. The van der Waals surface area contributed by atoms with Crippen LogP contribution in [0.2, 0.25) is 0 Å². The molecule has 0 amide bonds. The van der Waals surface area contributed by atoms with Gasteiger partial charge in [0.15, 0.2) is 5.03 Å². The molecular formula is C24H23F3N4O4S. The van der Waals surface area contributed by atoms with Gasteiger partial charge in [-0.15, -0.1) is 0 Å². The Hall–Kier alpha value is -3.41. The zero-order valence-electron chi connectivity index (χ0n) is 19.0. The Morgan fingerprint density at radius 1 is 0.889 bits per heavy atom. The van der Waals surface area contributed by atoms with E-state index in [4.69, 9.17) is 9.47 Å². The van der Waals surface area contributed by atoms with E-state index >= 15 is 0 Å². The Kier molecular flexibility index (Phi) is 6.45. The monoisotopic (exact) mass is 520 g/mol. The molecule has 0 unspecified atom stereocenters. The van der Waals surface area contributed by atoms with Crippen molar-refractivity contribution in [3.8, 4) is 23.0 Å². The Balaban J connectivity index is 1.67. The number of anilines is 1. The number of nitrogens with zero attached hydrogens (tertiary/aromatic N) is 3. The number of pyridine rings is 3. The first kappa shape index (κ1) is 24.3. The molecule has 1 N–H and O–H groups in total. The van der Waals surface area contributed by atoms with Crippen molar-refractivity contribution in [3.05, 3.63) is 54.2 Å². The number of fused-ring (bicyclic) bond motifs is 5. The number of sulfonamides is 1. The number of aromatic nitrogens is 3. The zero-order chi connectivity index (χ0) is 25.3. The predicted octanol–water partition coefficient (Wildman–Crippen LogP) is 5.22. The van der Waals surface area contributed by atoms with Crippen molar-refractivity contribution in [1.82, 2.24) is 15.0 Å². The lowest BCUT2D eigenvalue weighted by atomic mass is 9.96. The highest BCUT2D eigenvalue weighted by Crippen LogP contribution is 2.40. The van der Waals surface area contributed by atoms with E-state index in [2.05, 4.69) is 19.7 Å². The predicted molar refractivity (Wildman–Crippen MR) is 124 cm³/mol. The number of alkyl halides is 3. The number of hydrogen-bond donors (Lipinski definition) is 1. The lowest BCUT2D eigenvalue weighted by molar-refractivity contribution is -0.137. The van der Waals surface area contributed by atoms with Crippen LogP contribution in [-0.4, -0.2) is 35.6 Å². The van der Waals surface area contributed by atoms with Gasteiger partial charge in [-0.1, -0.05) is 6.07 Å². The van der Waals surface area contributed by atoms with Gasteiger partial charge in [-0.2, -0.15) is 26.6 Å². The molecule has 190 valence electrons. The quantitative estimate of drug-likeness (QED) is 0.433. The van der Waals surface area contributed by atoms with Gasteiger partial charge in [0.2, 0.25) is 11.8 Å². The summed E-state index contributed by atoms with van der Waals surface area (Å²) in [5.74, 6) is -0.117. The lowest BCUT2D eigenvalue weighted by Gasteiger charge is -2.26. The molecule has 0 spiro atoms. The molecule has 5 heterocycles. The number of halogens is 3. The first-order valence-electron chi connectivity index (χ1n) is 11.6. The molecule has 2 aliphatic heterocycles. The standard InChI is InChI=1S/C24H23F3N4O4S/c25-24(26,27)18-12-13-19-29-22(18)17-9-4-14-28-23(17)35-16-7-1-5-15(6-2-8-16)34-20-10-3-11-21(30-20)36(32,33)31-19/h3-4,9-16H,1-2,5-8H2,(H,29,31). The van der Waals surface area contributed by atoms with E-state index in [9.17, 15) is 21.6 Å². The maximum Gasteiger partial charge on any atom is 0.418 e. The molecule has 3 aromatic rings. The van der Waals surface area contributed by atoms with Gasteiger partial charge in [0, 0.05) is 12.3 Å². The average Bonchev–Trinajstić information content (AvgIpc) is 2.81. The molecule has 0 aromatic carbocycles. The molecule has 6 bridgehead atoms. The van der Waals surface area contributed by atoms with E-state index in [0.29, 0.717) is 25.7 Å². The first-order valence-corrected chi connectivity index (χ1v) is 13.0. The van der Waals surface area contributed by atoms with Gasteiger partial charge in [-0.05, 0) is 68.9 Å². The molecule has 3 aromatic heterocycles. The Bertz CT molecular complexity index is 1360. The minimum atomic E-state index is -4.74. The largest absolute Gasteiger partial charge is 0.474 e. The van der Waals surface area contributed by atoms with Crippen LogP contribution in [-0.2, 0) is 16.2 Å². The molecule has 1 fully saturated rings. The van der Waals surface area contributed by atoms with E-state index in [1.807, 2.05) is 0 Å². The summed E-state index contributed by atoms with van der Waals surface area (Å²) in [6.45, 7) is 0. The zero-order valence-corrected chi connectivity index (χ0v) is 19.8. The minimum Gasteiger partial charge on any atom is -0.474 e. The average molecular weight is 521 g/mol. The SMILES string of the molecule is O=S1(=O)Nc2ccc(C(F)(F)F)c(n2)-c2cccnc2OC2CCCC(CCC2)Oc2cccc1n2. The smallest absolute Gasteiger partial charge is 0.418 e. The van der Waals surface area contributed by atoms with Gasteiger partial charge < -0.3 is 9.47 Å². The van der Waals surface area contributed by atoms with Gasteiger partial charge in [-0.3, -0.25) is 4.72 Å². The summed E-state index contributed by atoms with van der Waals surface area (Å²) in [4.78, 5) is 12.4. The van der Waals surface area contributed by atoms with Gasteiger partial charge >= 0.3 is 6.18 Å². The second-order valence-corrected chi connectivity index (χ2v) is 10.3. The Morgan fingerprint density at radius 2 is 1.61 bits per heavy atom. The van der Waals surface area contributed by atoms with Gasteiger partial charge in [0.25, 0.3) is 10.0 Å². The summed E-state index contributed by atoms with van der Waals surface area (Å²) in [5, 5.41) is -0.330. The molecule has 8 nitrogen and oxygen atoms in total. The molecule has 6 rings (SSSR count). The molecule has 0 atom stereocenters. The third-order valence-corrected chi connectivity index (χ3v) is 7.37. The maximum absolute atomic E-state index is 13.9. The summed E-state index contributed by atoms with van der Waals surface area (Å²) in [6, 6.07) is 9.03. The van der Waals surface area contributed by atoms with Crippen molar-refractivity contribution in [2.75, 3.05) is 4.72 Å². The highest BCUT2D eigenvalue weighted by atomic mass is 32.2. The summed E-state index contributed by atoms with van der Waals surface area (Å²) >= 11 is 0. The fourth-order valence-corrected chi connectivity index (χ4v) is 5.38. The van der Waals surface area contributed by atoms with Crippen molar-refractivity contribution in [2.45, 2.75) is 61.9 Å². The van der Waals surface area contributed by atoms with Gasteiger partial charge in [0.05, 0.1) is 16.8 Å². The van der Waals surface area contributed by atoms with Crippen LogP contribution in [0.5, 0.6) is 11.8 Å². The van der Waals surface area contributed by atoms with Crippen LogP contribution >= 0.6 is 0 Å². The van der Waals surface area contributed by atoms with Crippen LogP contribution in [0.1, 0.15) is 44.1 Å². The number of nitrogens with one attached hydrogen (secondary N) is 1. The number of hydrogen-bond acceptors (Lipinski definition) is 7. The summed E-state index contributed by atoms with van der Waals surface area (Å²) in [7, 11) is -4.27. The van der Waals surface area contributed by atoms with Crippen molar-refractivity contribution < 1.29 is 31.1 Å². The highest BCUT2D eigenvalue weighted by molar-refractivity contribution is 7.92. The van der Waals surface area contributed by atoms with E-state index in [1.165, 1.54) is 30.5 Å². The molecular weight excluding hydrogens is 497 g/mol. The third-order valence-electron chi connectivity index (χ3n) is 6.11. The lowest BCUT2D eigenvalue weighted by Crippen LogP contribution is -2.25. The van der Waals surface area contributed by atoms with E-state index < -0.39 is 27.5 Å². The topological polar surface area (TPSA) is 103 Å². The van der Waals surface area contributed by atoms with E-state index in [0.717, 1.165) is 25.0 Å². The van der Waals surface area contributed by atoms with Crippen LogP contribution < -0.4 is 14.2 Å². The van der Waals surface area contributed by atoms with Crippen molar-refractivity contribution in [1.29, 1.82) is 0 Å². The van der Waals surface area contributed by atoms with Crippen LogP contribution in [0, 0.1) is 0 Å². The van der Waals surface area contributed by atoms with Crippen LogP contribution in [0.15, 0.2) is 53.7 Å². The molecule has 1 aliphatic carbocycles. The van der Waals surface area contributed by atoms with Crippen molar-refractivity contribution in [3.63, 3.8) is 0 Å². The second-order valence-electron chi connectivity index (χ2n) is 8.71. The molecule has 3 aliphatic rings.